The summed E-state index contributed by atoms with van der Waals surface area (Å²) in [6.45, 7) is 8.65. The second-order valence-electron chi connectivity index (χ2n) is 11.1. The first kappa shape index (κ1) is 26.9. The molecular formula is C36H34O4. The van der Waals surface area contributed by atoms with Crippen molar-refractivity contribution in [1.29, 1.82) is 0 Å². The SMILES string of the molecule is CC(C)(c1ccc(O)cc1)c1ccc(Oc2cccc(Oc3ccc(C(C)(C)c4ccc(O)cc4)cc3)c2)cc1. The van der Waals surface area contributed by atoms with E-state index in [2.05, 4.69) is 52.0 Å². The van der Waals surface area contributed by atoms with Crippen molar-refractivity contribution in [2.75, 3.05) is 0 Å². The Morgan fingerprint density at radius 3 is 1.02 bits per heavy atom. The van der Waals surface area contributed by atoms with E-state index in [-0.39, 0.29) is 22.3 Å². The molecule has 202 valence electrons. The molecule has 0 saturated heterocycles. The first-order valence-electron chi connectivity index (χ1n) is 13.4. The van der Waals surface area contributed by atoms with Crippen molar-refractivity contribution in [1.82, 2.24) is 0 Å². The van der Waals surface area contributed by atoms with Crippen LogP contribution in [-0.2, 0) is 10.8 Å². The molecule has 40 heavy (non-hydrogen) atoms. The Labute approximate surface area is 236 Å². The molecule has 4 nitrogen and oxygen atoms in total. The van der Waals surface area contributed by atoms with Gasteiger partial charge in [-0.1, -0.05) is 82.3 Å². The molecule has 0 radical (unpaired) electrons. The summed E-state index contributed by atoms with van der Waals surface area (Å²) in [6, 6.07) is 38.5. The fourth-order valence-corrected chi connectivity index (χ4v) is 4.84. The molecule has 0 aromatic heterocycles. The van der Waals surface area contributed by atoms with Crippen LogP contribution in [-0.4, -0.2) is 10.2 Å². The second kappa shape index (κ2) is 10.8. The van der Waals surface area contributed by atoms with E-state index in [9.17, 15) is 10.2 Å². The molecule has 5 aromatic rings. The van der Waals surface area contributed by atoms with Gasteiger partial charge in [-0.25, -0.2) is 0 Å². The third kappa shape index (κ3) is 5.81. The standard InChI is InChI=1S/C36H34O4/c1-35(2,25-8-16-29(37)17-9-25)27-12-20-31(21-13-27)39-33-6-5-7-34(24-33)40-32-22-14-28(15-23-32)36(3,4)26-10-18-30(38)19-11-26/h5-24,37-38H,1-4H3. The molecule has 0 saturated carbocycles. The monoisotopic (exact) mass is 530 g/mol. The normalized spacial score (nSPS) is 11.7. The van der Waals surface area contributed by atoms with Gasteiger partial charge in [-0.3, -0.25) is 0 Å². The Balaban J connectivity index is 1.26. The summed E-state index contributed by atoms with van der Waals surface area (Å²) in [7, 11) is 0. The lowest BCUT2D eigenvalue weighted by Crippen LogP contribution is -2.18. The maximum absolute atomic E-state index is 9.63. The average Bonchev–Trinajstić information content (AvgIpc) is 2.94. The van der Waals surface area contributed by atoms with E-state index in [0.29, 0.717) is 11.5 Å². The molecule has 5 rings (SSSR count). The lowest BCUT2D eigenvalue weighted by atomic mass is 9.78. The van der Waals surface area contributed by atoms with Gasteiger partial charge in [-0.05, 0) is 82.9 Å². The summed E-state index contributed by atoms with van der Waals surface area (Å²) in [6.07, 6.45) is 0. The zero-order valence-corrected chi connectivity index (χ0v) is 23.3. The number of hydrogen-bond donors (Lipinski definition) is 2. The summed E-state index contributed by atoms with van der Waals surface area (Å²) in [5.74, 6) is 3.38. The zero-order valence-electron chi connectivity index (χ0n) is 23.3. The van der Waals surface area contributed by atoms with Gasteiger partial charge < -0.3 is 19.7 Å². The van der Waals surface area contributed by atoms with Crippen LogP contribution >= 0.6 is 0 Å². The highest BCUT2D eigenvalue weighted by molar-refractivity contribution is 5.45. The van der Waals surface area contributed by atoms with Crippen LogP contribution in [0.5, 0.6) is 34.5 Å². The van der Waals surface area contributed by atoms with E-state index < -0.39 is 0 Å². The highest BCUT2D eigenvalue weighted by Crippen LogP contribution is 2.36. The minimum Gasteiger partial charge on any atom is -0.508 e. The van der Waals surface area contributed by atoms with Crippen LogP contribution in [0.3, 0.4) is 0 Å². The van der Waals surface area contributed by atoms with Gasteiger partial charge in [0.1, 0.15) is 34.5 Å². The molecule has 0 unspecified atom stereocenters. The highest BCUT2D eigenvalue weighted by atomic mass is 16.5. The van der Waals surface area contributed by atoms with Crippen LogP contribution in [0.15, 0.2) is 121 Å². The number of rotatable bonds is 8. The highest BCUT2D eigenvalue weighted by Gasteiger charge is 2.24. The lowest BCUT2D eigenvalue weighted by Gasteiger charge is -2.26. The van der Waals surface area contributed by atoms with Crippen molar-refractivity contribution in [3.63, 3.8) is 0 Å². The van der Waals surface area contributed by atoms with Crippen molar-refractivity contribution >= 4 is 0 Å². The molecule has 0 bridgehead atoms. The zero-order chi connectivity index (χ0) is 28.3. The molecule has 4 heteroatoms. The first-order valence-corrected chi connectivity index (χ1v) is 13.4. The maximum atomic E-state index is 9.63. The van der Waals surface area contributed by atoms with Crippen molar-refractivity contribution in [3.05, 3.63) is 144 Å². The molecule has 0 amide bonds. The first-order chi connectivity index (χ1) is 19.1. The van der Waals surface area contributed by atoms with Crippen molar-refractivity contribution in [2.24, 2.45) is 0 Å². The summed E-state index contributed by atoms with van der Waals surface area (Å²) in [4.78, 5) is 0. The third-order valence-electron chi connectivity index (χ3n) is 7.61. The Kier molecular flexibility index (Phi) is 7.27. The summed E-state index contributed by atoms with van der Waals surface area (Å²) < 4.78 is 12.3. The Morgan fingerprint density at radius 2 is 0.700 bits per heavy atom. The number of phenolic OH excluding ortho intramolecular Hbond substituents is 2. The van der Waals surface area contributed by atoms with Crippen molar-refractivity contribution < 1.29 is 19.7 Å². The maximum Gasteiger partial charge on any atom is 0.131 e. The summed E-state index contributed by atoms with van der Waals surface area (Å²) in [5.41, 5.74) is 4.13. The molecule has 0 fully saturated rings. The van der Waals surface area contributed by atoms with Crippen LogP contribution in [0.1, 0.15) is 49.9 Å². The molecule has 0 atom stereocenters. The molecule has 0 heterocycles. The predicted octanol–water partition coefficient (Wildman–Crippen LogP) is 9.33. The minimum absolute atomic E-state index is 0.213. The van der Waals surface area contributed by atoms with Gasteiger partial charge in [0.2, 0.25) is 0 Å². The Bertz CT molecular complexity index is 1450. The second-order valence-corrected chi connectivity index (χ2v) is 11.1. The molecule has 0 aliphatic heterocycles. The van der Waals surface area contributed by atoms with Gasteiger partial charge in [0.15, 0.2) is 0 Å². The largest absolute Gasteiger partial charge is 0.508 e. The number of benzene rings is 5. The van der Waals surface area contributed by atoms with Gasteiger partial charge in [-0.15, -0.1) is 0 Å². The van der Waals surface area contributed by atoms with E-state index in [1.807, 2.05) is 72.8 Å². The quantitative estimate of drug-likeness (QED) is 0.210. The van der Waals surface area contributed by atoms with Gasteiger partial charge in [0.25, 0.3) is 0 Å². The minimum atomic E-state index is -0.213. The van der Waals surface area contributed by atoms with Crippen molar-refractivity contribution in [3.8, 4) is 34.5 Å². The van der Waals surface area contributed by atoms with Crippen molar-refractivity contribution in [2.45, 2.75) is 38.5 Å². The predicted molar refractivity (Wildman–Crippen MR) is 160 cm³/mol. The molecule has 0 aliphatic carbocycles. The number of phenols is 2. The van der Waals surface area contributed by atoms with Crippen LogP contribution < -0.4 is 9.47 Å². The fourth-order valence-electron chi connectivity index (χ4n) is 4.84. The van der Waals surface area contributed by atoms with E-state index in [4.69, 9.17) is 9.47 Å². The van der Waals surface area contributed by atoms with E-state index in [0.717, 1.165) is 33.8 Å². The van der Waals surface area contributed by atoms with Crippen LogP contribution in [0, 0.1) is 0 Å². The number of aromatic hydroxyl groups is 2. The van der Waals surface area contributed by atoms with Crippen LogP contribution in [0.2, 0.25) is 0 Å². The lowest BCUT2D eigenvalue weighted by molar-refractivity contribution is 0.459. The molecule has 2 N–H and O–H groups in total. The van der Waals surface area contributed by atoms with Gasteiger partial charge in [0.05, 0.1) is 0 Å². The van der Waals surface area contributed by atoms with E-state index in [1.165, 1.54) is 0 Å². The van der Waals surface area contributed by atoms with Crippen LogP contribution in [0.4, 0.5) is 0 Å². The Hall–Kier alpha value is -4.70. The van der Waals surface area contributed by atoms with Gasteiger partial charge >= 0.3 is 0 Å². The molecule has 5 aromatic carbocycles. The molecule has 0 spiro atoms. The van der Waals surface area contributed by atoms with E-state index in [1.54, 1.807) is 24.3 Å². The third-order valence-corrected chi connectivity index (χ3v) is 7.61. The number of hydrogen-bond acceptors (Lipinski definition) is 4. The van der Waals surface area contributed by atoms with Gasteiger partial charge in [-0.2, -0.15) is 0 Å². The topological polar surface area (TPSA) is 58.9 Å². The van der Waals surface area contributed by atoms with Crippen LogP contribution in [0.25, 0.3) is 0 Å². The number of ether oxygens (including phenoxy) is 2. The van der Waals surface area contributed by atoms with Gasteiger partial charge in [0, 0.05) is 16.9 Å². The van der Waals surface area contributed by atoms with E-state index >= 15 is 0 Å². The summed E-state index contributed by atoms with van der Waals surface area (Å²) in [5, 5.41) is 19.3. The fraction of sp³-hybridized carbons (Fsp3) is 0.167. The Morgan fingerprint density at radius 1 is 0.400 bits per heavy atom. The molecule has 0 aliphatic rings. The summed E-state index contributed by atoms with van der Waals surface area (Å²) >= 11 is 0. The molecular weight excluding hydrogens is 496 g/mol. The average molecular weight is 531 g/mol. The smallest absolute Gasteiger partial charge is 0.131 e.